The number of hydrazine groups is 1. The summed E-state index contributed by atoms with van der Waals surface area (Å²) < 4.78 is 0. The Balaban J connectivity index is 1.44. The summed E-state index contributed by atoms with van der Waals surface area (Å²) in [6, 6.07) is 15.1. The Morgan fingerprint density at radius 3 is 2.48 bits per heavy atom. The van der Waals surface area contributed by atoms with Gasteiger partial charge in [0.05, 0.1) is 11.1 Å². The minimum absolute atomic E-state index is 0.0798. The third kappa shape index (κ3) is 4.89. The number of carbonyl (C=O) groups excluding carboxylic acids is 4. The summed E-state index contributed by atoms with van der Waals surface area (Å²) in [6.07, 6.45) is 2.17. The van der Waals surface area contributed by atoms with Gasteiger partial charge < -0.3 is 5.32 Å². The zero-order valence-electron chi connectivity index (χ0n) is 18.9. The smallest absolute Gasteiger partial charge is 0.246 e. The lowest BCUT2D eigenvalue weighted by molar-refractivity contribution is -0.137. The van der Waals surface area contributed by atoms with Gasteiger partial charge >= 0.3 is 0 Å². The second-order valence-electron chi connectivity index (χ2n) is 8.97. The van der Waals surface area contributed by atoms with E-state index in [4.69, 9.17) is 0 Å². The Morgan fingerprint density at radius 1 is 1.03 bits per heavy atom. The van der Waals surface area contributed by atoms with Gasteiger partial charge in [0.2, 0.25) is 23.6 Å². The van der Waals surface area contributed by atoms with E-state index in [1.54, 1.807) is 6.07 Å². The molecule has 0 spiro atoms. The molecule has 0 radical (unpaired) electrons. The van der Waals surface area contributed by atoms with Gasteiger partial charge in [0.15, 0.2) is 0 Å². The van der Waals surface area contributed by atoms with Crippen LogP contribution in [-0.4, -0.2) is 41.7 Å². The van der Waals surface area contributed by atoms with E-state index < -0.39 is 5.41 Å². The van der Waals surface area contributed by atoms with Crippen LogP contribution in [0.3, 0.4) is 0 Å². The van der Waals surface area contributed by atoms with E-state index in [1.165, 1.54) is 11.9 Å². The average molecular weight is 449 g/mol. The van der Waals surface area contributed by atoms with Crippen LogP contribution in [0.4, 0.5) is 11.4 Å². The van der Waals surface area contributed by atoms with Gasteiger partial charge in [0.25, 0.3) is 0 Å². The largest absolute Gasteiger partial charge is 0.324 e. The van der Waals surface area contributed by atoms with Gasteiger partial charge in [0.1, 0.15) is 6.54 Å². The molecule has 2 aromatic carbocycles. The molecule has 1 heterocycles. The molecule has 33 heavy (non-hydrogen) atoms. The summed E-state index contributed by atoms with van der Waals surface area (Å²) >= 11 is 0. The zero-order valence-corrected chi connectivity index (χ0v) is 18.9. The molecular weight excluding hydrogens is 420 g/mol. The van der Waals surface area contributed by atoms with E-state index in [0.717, 1.165) is 23.2 Å². The topological polar surface area (TPSA) is 98.8 Å². The van der Waals surface area contributed by atoms with Gasteiger partial charge in [-0.25, -0.2) is 5.01 Å². The number of nitrogens with zero attached hydrogens (tertiary/aromatic N) is 2. The van der Waals surface area contributed by atoms with Crippen LogP contribution in [0.25, 0.3) is 0 Å². The SMILES string of the molecule is CC(=O)NC(=O)C1(C)Cc2ccc(NC(=O)CN3C(=O)CCCN3c3ccccc3)cc2C1. The maximum Gasteiger partial charge on any atom is 0.246 e. The highest BCUT2D eigenvalue weighted by Gasteiger charge is 2.40. The zero-order chi connectivity index (χ0) is 23.6. The first-order valence-electron chi connectivity index (χ1n) is 11.1. The van der Waals surface area contributed by atoms with Crippen LogP contribution >= 0.6 is 0 Å². The standard InChI is InChI=1S/C25H28N4O4/c1-17(30)26-24(33)25(2)14-18-10-11-20(13-19(18)15-25)27-22(31)16-29-23(32)9-6-12-28(29)21-7-4-3-5-8-21/h3-5,7-8,10-11,13H,6,9,12,14-16H2,1-2H3,(H,27,31)(H,26,30,33). The van der Waals surface area contributed by atoms with Crippen molar-refractivity contribution < 1.29 is 19.2 Å². The van der Waals surface area contributed by atoms with Crippen molar-refractivity contribution in [1.29, 1.82) is 0 Å². The highest BCUT2D eigenvalue weighted by molar-refractivity contribution is 5.98. The molecule has 2 aromatic rings. The Kier molecular flexibility index (Phi) is 6.18. The Bertz CT molecular complexity index is 1100. The van der Waals surface area contributed by atoms with Crippen molar-refractivity contribution in [2.24, 2.45) is 5.41 Å². The number of rotatable bonds is 5. The molecule has 4 rings (SSSR count). The molecule has 1 saturated heterocycles. The minimum Gasteiger partial charge on any atom is -0.324 e. The molecule has 1 atom stereocenters. The molecule has 0 bridgehead atoms. The summed E-state index contributed by atoms with van der Waals surface area (Å²) in [5, 5.41) is 8.63. The first-order valence-corrected chi connectivity index (χ1v) is 11.1. The number of hydrogen-bond donors (Lipinski definition) is 2. The van der Waals surface area contributed by atoms with Gasteiger partial charge in [0, 0.05) is 25.6 Å². The number of imide groups is 1. The van der Waals surface area contributed by atoms with Gasteiger partial charge in [-0.3, -0.25) is 29.5 Å². The highest BCUT2D eigenvalue weighted by atomic mass is 16.2. The van der Waals surface area contributed by atoms with Gasteiger partial charge in [-0.15, -0.1) is 0 Å². The molecule has 1 aliphatic carbocycles. The Hall–Kier alpha value is -3.68. The molecule has 2 N–H and O–H groups in total. The van der Waals surface area contributed by atoms with E-state index in [1.807, 2.05) is 54.4 Å². The van der Waals surface area contributed by atoms with E-state index in [-0.39, 0.29) is 30.2 Å². The third-order valence-corrected chi connectivity index (χ3v) is 6.18. The minimum atomic E-state index is -0.701. The van der Waals surface area contributed by atoms with Gasteiger partial charge in [-0.1, -0.05) is 31.2 Å². The Morgan fingerprint density at radius 2 is 1.76 bits per heavy atom. The van der Waals surface area contributed by atoms with Crippen molar-refractivity contribution in [1.82, 2.24) is 10.3 Å². The number of fused-ring (bicyclic) bond motifs is 1. The Labute approximate surface area is 192 Å². The number of amides is 4. The van der Waals surface area contributed by atoms with Crippen molar-refractivity contribution >= 4 is 35.0 Å². The summed E-state index contributed by atoms with van der Waals surface area (Å²) in [6.45, 7) is 3.75. The number of para-hydroxylation sites is 1. The fourth-order valence-electron chi connectivity index (χ4n) is 4.56. The predicted molar refractivity (Wildman–Crippen MR) is 124 cm³/mol. The van der Waals surface area contributed by atoms with Crippen molar-refractivity contribution in [3.63, 3.8) is 0 Å². The normalized spacial score (nSPS) is 19.8. The van der Waals surface area contributed by atoms with Crippen molar-refractivity contribution in [3.05, 3.63) is 59.7 Å². The summed E-state index contributed by atoms with van der Waals surface area (Å²) in [5.41, 5.74) is 2.78. The quantitative estimate of drug-likeness (QED) is 0.732. The number of anilines is 2. The molecule has 172 valence electrons. The molecule has 1 unspecified atom stereocenters. The fourth-order valence-corrected chi connectivity index (χ4v) is 4.56. The summed E-state index contributed by atoms with van der Waals surface area (Å²) in [4.78, 5) is 49.2. The molecule has 8 heteroatoms. The van der Waals surface area contributed by atoms with E-state index in [2.05, 4.69) is 10.6 Å². The van der Waals surface area contributed by atoms with E-state index in [9.17, 15) is 19.2 Å². The van der Waals surface area contributed by atoms with Gasteiger partial charge in [-0.2, -0.15) is 0 Å². The first kappa shape index (κ1) is 22.5. The molecule has 4 amide bonds. The van der Waals surface area contributed by atoms with Crippen LogP contribution in [0.15, 0.2) is 48.5 Å². The third-order valence-electron chi connectivity index (χ3n) is 6.18. The van der Waals surface area contributed by atoms with Crippen molar-refractivity contribution in [2.45, 2.75) is 39.5 Å². The fraction of sp³-hybridized carbons (Fsp3) is 0.360. The highest BCUT2D eigenvalue weighted by Crippen LogP contribution is 2.38. The lowest BCUT2D eigenvalue weighted by atomic mass is 9.86. The lowest BCUT2D eigenvalue weighted by Gasteiger charge is -2.39. The predicted octanol–water partition coefficient (Wildman–Crippen LogP) is 2.44. The maximum atomic E-state index is 12.8. The lowest BCUT2D eigenvalue weighted by Crippen LogP contribution is -2.53. The van der Waals surface area contributed by atoms with Crippen molar-refractivity contribution in [3.8, 4) is 0 Å². The monoisotopic (exact) mass is 448 g/mol. The van der Waals surface area contributed by atoms with Crippen LogP contribution in [-0.2, 0) is 32.0 Å². The number of benzene rings is 2. The number of hydrogen-bond acceptors (Lipinski definition) is 5. The molecule has 1 aliphatic heterocycles. The number of carbonyl (C=O) groups is 4. The van der Waals surface area contributed by atoms with Crippen LogP contribution in [0, 0.1) is 5.41 Å². The van der Waals surface area contributed by atoms with E-state index in [0.29, 0.717) is 31.5 Å². The van der Waals surface area contributed by atoms with Crippen LogP contribution in [0.1, 0.15) is 37.8 Å². The second-order valence-corrected chi connectivity index (χ2v) is 8.97. The molecule has 8 nitrogen and oxygen atoms in total. The van der Waals surface area contributed by atoms with Gasteiger partial charge in [-0.05, 0) is 54.7 Å². The molecule has 1 fully saturated rings. The molecule has 0 saturated carbocycles. The second kappa shape index (κ2) is 9.05. The maximum absolute atomic E-state index is 12.8. The summed E-state index contributed by atoms with van der Waals surface area (Å²) in [7, 11) is 0. The molecule has 0 aromatic heterocycles. The van der Waals surface area contributed by atoms with Crippen LogP contribution in [0.2, 0.25) is 0 Å². The average Bonchev–Trinajstić information content (AvgIpc) is 3.12. The summed E-state index contributed by atoms with van der Waals surface area (Å²) in [5.74, 6) is -1.04. The van der Waals surface area contributed by atoms with Crippen molar-refractivity contribution in [2.75, 3.05) is 23.4 Å². The first-order chi connectivity index (χ1) is 15.7. The molecule has 2 aliphatic rings. The van der Waals surface area contributed by atoms with E-state index >= 15 is 0 Å². The van der Waals surface area contributed by atoms with Crippen LogP contribution < -0.4 is 15.6 Å². The van der Waals surface area contributed by atoms with Crippen LogP contribution in [0.5, 0.6) is 0 Å². The molecular formula is C25H28N4O4. The number of nitrogens with one attached hydrogen (secondary N) is 2.